The molecule has 7 heteroatoms. The third-order valence-corrected chi connectivity index (χ3v) is 3.20. The first-order valence-corrected chi connectivity index (χ1v) is 6.34. The number of carbonyl (C=O) groups is 2. The summed E-state index contributed by atoms with van der Waals surface area (Å²) in [6.45, 7) is 0. The molecule has 1 heterocycles. The van der Waals surface area contributed by atoms with Gasteiger partial charge in [0.1, 0.15) is 0 Å². The fraction of sp³-hybridized carbons (Fsp3) is 0. The van der Waals surface area contributed by atoms with Gasteiger partial charge in [-0.25, -0.2) is 0 Å². The lowest BCUT2D eigenvalue weighted by Crippen LogP contribution is -2.23. The highest BCUT2D eigenvalue weighted by atomic mass is 16.6. The number of rotatable bonds is 3. The molecule has 7 nitrogen and oxygen atoms in total. The molecule has 3 rings (SSSR count). The van der Waals surface area contributed by atoms with Gasteiger partial charge in [0.25, 0.3) is 17.5 Å². The van der Waals surface area contributed by atoms with E-state index in [4.69, 9.17) is 0 Å². The van der Waals surface area contributed by atoms with Crippen LogP contribution < -0.4 is 0 Å². The van der Waals surface area contributed by atoms with E-state index in [0.717, 1.165) is 5.01 Å². The van der Waals surface area contributed by atoms with Crippen LogP contribution in [0, 0.1) is 10.1 Å². The highest BCUT2D eigenvalue weighted by molar-refractivity contribution is 6.21. The van der Waals surface area contributed by atoms with Gasteiger partial charge >= 0.3 is 0 Å². The summed E-state index contributed by atoms with van der Waals surface area (Å²) in [7, 11) is 0. The zero-order chi connectivity index (χ0) is 15.7. The Balaban J connectivity index is 1.83. The Hall–Kier alpha value is -3.35. The second-order valence-corrected chi connectivity index (χ2v) is 4.56. The van der Waals surface area contributed by atoms with E-state index in [2.05, 4.69) is 5.10 Å². The van der Waals surface area contributed by atoms with Crippen molar-refractivity contribution in [1.29, 1.82) is 0 Å². The van der Waals surface area contributed by atoms with Crippen molar-refractivity contribution >= 4 is 23.7 Å². The molecule has 0 bridgehead atoms. The minimum Gasteiger partial charge on any atom is -0.267 e. The summed E-state index contributed by atoms with van der Waals surface area (Å²) in [5, 5.41) is 15.2. The van der Waals surface area contributed by atoms with Crippen molar-refractivity contribution in [1.82, 2.24) is 5.01 Å². The van der Waals surface area contributed by atoms with Crippen LogP contribution in [0.15, 0.2) is 53.6 Å². The van der Waals surface area contributed by atoms with Crippen LogP contribution in [0.3, 0.4) is 0 Å². The van der Waals surface area contributed by atoms with Crippen LogP contribution in [0.4, 0.5) is 5.69 Å². The largest absolute Gasteiger partial charge is 0.282 e. The molecule has 0 fully saturated rings. The third kappa shape index (κ3) is 2.24. The predicted molar refractivity (Wildman–Crippen MR) is 77.6 cm³/mol. The number of hydrazone groups is 1. The smallest absolute Gasteiger partial charge is 0.267 e. The standard InChI is InChI=1S/C15H9N3O4/c19-14-12-3-1-2-4-13(12)15(20)17(14)16-9-10-5-7-11(8-6-10)18(21)22/h1-9H/b16-9+. The molecule has 0 aromatic heterocycles. The first kappa shape index (κ1) is 13.6. The van der Waals surface area contributed by atoms with Crippen LogP contribution in [-0.4, -0.2) is 28.0 Å². The number of fused-ring (bicyclic) bond motifs is 1. The lowest BCUT2D eigenvalue weighted by atomic mass is 10.1. The van der Waals surface area contributed by atoms with Gasteiger partial charge in [-0.15, -0.1) is 0 Å². The van der Waals surface area contributed by atoms with Crippen molar-refractivity contribution in [2.45, 2.75) is 0 Å². The minimum atomic E-state index is -0.509. The fourth-order valence-corrected chi connectivity index (χ4v) is 2.09. The Kier molecular flexibility index (Phi) is 3.23. The van der Waals surface area contributed by atoms with Gasteiger partial charge in [0.15, 0.2) is 0 Å². The number of hydrogen-bond donors (Lipinski definition) is 0. The molecule has 108 valence electrons. The van der Waals surface area contributed by atoms with E-state index < -0.39 is 16.7 Å². The molecule has 0 saturated heterocycles. The Labute approximate surface area is 124 Å². The van der Waals surface area contributed by atoms with Crippen molar-refractivity contribution in [3.05, 3.63) is 75.3 Å². The molecular formula is C15H9N3O4. The summed E-state index contributed by atoms with van der Waals surface area (Å²) < 4.78 is 0. The molecule has 1 aliphatic heterocycles. The highest BCUT2D eigenvalue weighted by Gasteiger charge is 2.35. The van der Waals surface area contributed by atoms with Gasteiger partial charge in [-0.2, -0.15) is 10.1 Å². The van der Waals surface area contributed by atoms with Gasteiger partial charge in [0, 0.05) is 12.1 Å². The van der Waals surface area contributed by atoms with E-state index in [1.807, 2.05) is 0 Å². The average molecular weight is 295 g/mol. The average Bonchev–Trinajstić information content (AvgIpc) is 2.78. The molecular weight excluding hydrogens is 286 g/mol. The maximum atomic E-state index is 12.1. The normalized spacial score (nSPS) is 13.7. The Morgan fingerprint density at radius 3 is 2.00 bits per heavy atom. The summed E-state index contributed by atoms with van der Waals surface area (Å²) in [5.74, 6) is -0.975. The third-order valence-electron chi connectivity index (χ3n) is 3.20. The number of non-ortho nitro benzene ring substituents is 1. The van der Waals surface area contributed by atoms with E-state index in [0.29, 0.717) is 16.7 Å². The molecule has 0 N–H and O–H groups in total. The zero-order valence-electron chi connectivity index (χ0n) is 11.2. The molecule has 0 spiro atoms. The van der Waals surface area contributed by atoms with Crippen LogP contribution in [0.1, 0.15) is 26.3 Å². The molecule has 0 unspecified atom stereocenters. The molecule has 2 amide bonds. The van der Waals surface area contributed by atoms with Crippen molar-refractivity contribution in [2.75, 3.05) is 0 Å². The number of amides is 2. The summed E-state index contributed by atoms with van der Waals surface area (Å²) in [6.07, 6.45) is 1.31. The molecule has 22 heavy (non-hydrogen) atoms. The van der Waals surface area contributed by atoms with E-state index >= 15 is 0 Å². The topological polar surface area (TPSA) is 92.9 Å². The number of imide groups is 1. The van der Waals surface area contributed by atoms with Crippen molar-refractivity contribution in [3.8, 4) is 0 Å². The van der Waals surface area contributed by atoms with Crippen molar-refractivity contribution < 1.29 is 14.5 Å². The number of nitro groups is 1. The molecule has 1 aliphatic rings. The highest BCUT2D eigenvalue weighted by Crippen LogP contribution is 2.22. The van der Waals surface area contributed by atoms with Crippen molar-refractivity contribution in [2.24, 2.45) is 5.10 Å². The first-order chi connectivity index (χ1) is 10.6. The summed E-state index contributed by atoms with van der Waals surface area (Å²) in [6, 6.07) is 12.1. The molecule has 2 aromatic rings. The van der Waals surface area contributed by atoms with E-state index in [9.17, 15) is 19.7 Å². The van der Waals surface area contributed by atoms with E-state index in [1.54, 1.807) is 24.3 Å². The number of benzene rings is 2. The van der Waals surface area contributed by atoms with Gasteiger partial charge in [-0.05, 0) is 29.8 Å². The number of nitrogens with zero attached hydrogens (tertiary/aromatic N) is 3. The van der Waals surface area contributed by atoms with Crippen LogP contribution in [-0.2, 0) is 0 Å². The number of carbonyl (C=O) groups excluding carboxylic acids is 2. The molecule has 0 atom stereocenters. The van der Waals surface area contributed by atoms with Crippen molar-refractivity contribution in [3.63, 3.8) is 0 Å². The summed E-state index contributed by atoms with van der Waals surface area (Å²) in [4.78, 5) is 34.2. The molecule has 0 radical (unpaired) electrons. The lowest BCUT2D eigenvalue weighted by Gasteiger charge is -2.05. The first-order valence-electron chi connectivity index (χ1n) is 6.34. The van der Waals surface area contributed by atoms with Crippen LogP contribution in [0.25, 0.3) is 0 Å². The quantitative estimate of drug-likeness (QED) is 0.375. The second kappa shape index (κ2) is 5.21. The Bertz CT molecular complexity index is 777. The summed E-state index contributed by atoms with van der Waals surface area (Å²) in [5.41, 5.74) is 1.13. The fourth-order valence-electron chi connectivity index (χ4n) is 2.09. The van der Waals surface area contributed by atoms with Crippen LogP contribution >= 0.6 is 0 Å². The maximum Gasteiger partial charge on any atom is 0.282 e. The maximum absolute atomic E-state index is 12.1. The number of hydrogen-bond acceptors (Lipinski definition) is 5. The van der Waals surface area contributed by atoms with Crippen LogP contribution in [0.2, 0.25) is 0 Å². The van der Waals surface area contributed by atoms with Gasteiger partial charge in [0.05, 0.1) is 22.3 Å². The molecule has 0 aliphatic carbocycles. The Morgan fingerprint density at radius 2 is 1.50 bits per heavy atom. The van der Waals surface area contributed by atoms with E-state index in [-0.39, 0.29) is 5.69 Å². The van der Waals surface area contributed by atoms with Gasteiger partial charge in [-0.3, -0.25) is 19.7 Å². The van der Waals surface area contributed by atoms with Crippen LogP contribution in [0.5, 0.6) is 0 Å². The number of nitro benzene ring substituents is 1. The predicted octanol–water partition coefficient (Wildman–Crippen LogP) is 2.22. The minimum absolute atomic E-state index is 0.0436. The zero-order valence-corrected chi connectivity index (χ0v) is 11.2. The van der Waals surface area contributed by atoms with E-state index in [1.165, 1.54) is 30.5 Å². The monoisotopic (exact) mass is 295 g/mol. The van der Waals surface area contributed by atoms with Gasteiger partial charge < -0.3 is 0 Å². The van der Waals surface area contributed by atoms with Gasteiger partial charge in [0.2, 0.25) is 0 Å². The van der Waals surface area contributed by atoms with Gasteiger partial charge in [-0.1, -0.05) is 12.1 Å². The molecule has 2 aromatic carbocycles. The Morgan fingerprint density at radius 1 is 0.955 bits per heavy atom. The molecule has 0 saturated carbocycles. The summed E-state index contributed by atoms with van der Waals surface area (Å²) >= 11 is 0. The lowest BCUT2D eigenvalue weighted by molar-refractivity contribution is -0.384. The SMILES string of the molecule is O=C1c2ccccc2C(=O)N1/N=C/c1ccc([N+](=O)[O-])cc1. The second-order valence-electron chi connectivity index (χ2n) is 4.56.